The number of hydrogen-bond acceptors (Lipinski definition) is 3. The minimum Gasteiger partial charge on any atom is -0.393 e. The number of likely N-dealkylation sites (N-methyl/N-ethyl adjacent to an activating group) is 1. The number of fused-ring (bicyclic) bond motifs is 5. The molecule has 0 saturated carbocycles. The van der Waals surface area contributed by atoms with Crippen LogP contribution < -0.4 is 0 Å². The van der Waals surface area contributed by atoms with Gasteiger partial charge in [0.2, 0.25) is 0 Å². The molecule has 0 aromatic heterocycles. The number of ether oxygens (including phenoxy) is 1. The summed E-state index contributed by atoms with van der Waals surface area (Å²) in [6.45, 7) is 0. The Kier molecular flexibility index (Phi) is 1.04. The van der Waals surface area contributed by atoms with Crippen molar-refractivity contribution in [3.63, 3.8) is 0 Å². The van der Waals surface area contributed by atoms with Crippen LogP contribution in [-0.2, 0) is 4.74 Å². The smallest absolute Gasteiger partial charge is 0.101 e. The summed E-state index contributed by atoms with van der Waals surface area (Å²) in [6.07, 6.45) is 2.67. The Morgan fingerprint density at radius 2 is 1.82 bits per heavy atom. The zero-order valence-electron chi connectivity index (χ0n) is 6.60. The van der Waals surface area contributed by atoms with E-state index in [-0.39, 0.29) is 6.10 Å². The van der Waals surface area contributed by atoms with Gasteiger partial charge in [-0.1, -0.05) is 0 Å². The zero-order valence-corrected chi connectivity index (χ0v) is 6.60. The third kappa shape index (κ3) is 0.687. The van der Waals surface area contributed by atoms with Crippen molar-refractivity contribution in [1.82, 2.24) is 4.90 Å². The Bertz CT molecular complexity index is 179. The lowest BCUT2D eigenvalue weighted by Gasteiger charge is -2.36. The maximum Gasteiger partial charge on any atom is 0.101 e. The van der Waals surface area contributed by atoms with Gasteiger partial charge in [0.05, 0.1) is 6.10 Å². The maximum atomic E-state index is 9.46. The molecule has 3 nitrogen and oxygen atoms in total. The van der Waals surface area contributed by atoms with Crippen LogP contribution in [0, 0.1) is 0 Å². The highest BCUT2D eigenvalue weighted by molar-refractivity contribution is 5.13. The van der Waals surface area contributed by atoms with Gasteiger partial charge in [-0.3, -0.25) is 4.90 Å². The number of aliphatic hydroxyl groups excluding tert-OH is 1. The predicted molar refractivity (Wildman–Crippen MR) is 39.2 cm³/mol. The topological polar surface area (TPSA) is 36.0 Å². The molecule has 3 aliphatic heterocycles. The molecule has 3 fully saturated rings. The van der Waals surface area contributed by atoms with Gasteiger partial charge in [0.25, 0.3) is 0 Å². The van der Waals surface area contributed by atoms with Crippen molar-refractivity contribution in [3.8, 4) is 0 Å². The first-order chi connectivity index (χ1) is 5.27. The van der Waals surface area contributed by atoms with Crippen molar-refractivity contribution in [2.24, 2.45) is 0 Å². The van der Waals surface area contributed by atoms with E-state index in [1.165, 1.54) is 0 Å². The Balaban J connectivity index is 1.90. The van der Waals surface area contributed by atoms with Crippen LogP contribution in [0.2, 0.25) is 0 Å². The van der Waals surface area contributed by atoms with Crippen LogP contribution in [-0.4, -0.2) is 47.4 Å². The van der Waals surface area contributed by atoms with Crippen LogP contribution in [0.25, 0.3) is 0 Å². The van der Waals surface area contributed by atoms with Gasteiger partial charge >= 0.3 is 0 Å². The van der Waals surface area contributed by atoms with Crippen molar-refractivity contribution in [1.29, 1.82) is 0 Å². The van der Waals surface area contributed by atoms with Crippen LogP contribution in [0.3, 0.4) is 0 Å². The van der Waals surface area contributed by atoms with E-state index >= 15 is 0 Å². The highest BCUT2D eigenvalue weighted by Crippen LogP contribution is 2.47. The molecular weight excluding hydrogens is 142 g/mol. The van der Waals surface area contributed by atoms with Gasteiger partial charge in [-0.05, 0) is 19.9 Å². The van der Waals surface area contributed by atoms with Crippen molar-refractivity contribution < 1.29 is 9.84 Å². The molecule has 4 unspecified atom stereocenters. The van der Waals surface area contributed by atoms with E-state index < -0.39 is 0 Å². The first-order valence-electron chi connectivity index (χ1n) is 4.33. The fraction of sp³-hybridized carbons (Fsp3) is 1.00. The highest BCUT2D eigenvalue weighted by Gasteiger charge is 2.62. The Hall–Kier alpha value is -0.120. The summed E-state index contributed by atoms with van der Waals surface area (Å²) < 4.78 is 5.49. The predicted octanol–water partition coefficient (Wildman–Crippen LogP) is -0.409. The van der Waals surface area contributed by atoms with Gasteiger partial charge in [0.15, 0.2) is 0 Å². The molecule has 3 aliphatic rings. The molecule has 0 aliphatic carbocycles. The first-order valence-corrected chi connectivity index (χ1v) is 4.33. The van der Waals surface area contributed by atoms with Gasteiger partial charge < -0.3 is 9.84 Å². The highest BCUT2D eigenvalue weighted by atomic mass is 16.6. The molecule has 3 heterocycles. The van der Waals surface area contributed by atoms with Crippen molar-refractivity contribution in [2.45, 2.75) is 43.2 Å². The lowest BCUT2D eigenvalue weighted by atomic mass is 10.00. The summed E-state index contributed by atoms with van der Waals surface area (Å²) in [7, 11) is 2.15. The summed E-state index contributed by atoms with van der Waals surface area (Å²) in [4.78, 5) is 2.38. The second kappa shape index (κ2) is 1.79. The normalized spacial score (nSPS) is 61.1. The molecule has 11 heavy (non-hydrogen) atoms. The standard InChI is InChI=1S/C8H13NO2/c1-9-5-2-4(10)3-6(9)8-7(5)11-8/h4-8,10H,2-3H2,1H3/t4?,5?,6?,7-,8?/m1/s1. The molecule has 1 N–H and O–H groups in total. The van der Waals surface area contributed by atoms with Crippen LogP contribution in [0.1, 0.15) is 12.8 Å². The average Bonchev–Trinajstić information content (AvgIpc) is 2.66. The molecule has 2 bridgehead atoms. The lowest BCUT2D eigenvalue weighted by molar-refractivity contribution is 0.00149. The molecule has 0 aromatic rings. The van der Waals surface area contributed by atoms with Crippen molar-refractivity contribution in [3.05, 3.63) is 0 Å². The van der Waals surface area contributed by atoms with E-state index in [0.717, 1.165) is 12.8 Å². The summed E-state index contributed by atoms with van der Waals surface area (Å²) >= 11 is 0. The zero-order chi connectivity index (χ0) is 7.59. The number of piperidine rings is 1. The van der Waals surface area contributed by atoms with Crippen molar-refractivity contribution in [2.75, 3.05) is 7.05 Å². The van der Waals surface area contributed by atoms with Gasteiger partial charge in [-0.2, -0.15) is 0 Å². The molecule has 3 rings (SSSR count). The van der Waals surface area contributed by atoms with E-state index in [0.29, 0.717) is 24.3 Å². The minimum absolute atomic E-state index is 0.0717. The molecule has 62 valence electrons. The maximum absolute atomic E-state index is 9.46. The third-order valence-electron chi connectivity index (χ3n) is 3.39. The number of aliphatic hydroxyl groups is 1. The molecular formula is C8H13NO2. The fourth-order valence-electron chi connectivity index (χ4n) is 2.72. The Morgan fingerprint density at radius 1 is 1.27 bits per heavy atom. The van der Waals surface area contributed by atoms with Gasteiger partial charge in [0.1, 0.15) is 12.2 Å². The van der Waals surface area contributed by atoms with E-state index in [1.54, 1.807) is 0 Å². The second-order valence-corrected chi connectivity index (χ2v) is 3.99. The molecule has 0 radical (unpaired) electrons. The summed E-state index contributed by atoms with van der Waals surface area (Å²) in [5.74, 6) is 0. The monoisotopic (exact) mass is 155 g/mol. The average molecular weight is 155 g/mol. The lowest BCUT2D eigenvalue weighted by Crippen LogP contribution is -2.46. The van der Waals surface area contributed by atoms with E-state index in [4.69, 9.17) is 4.74 Å². The number of morpholine rings is 1. The van der Waals surface area contributed by atoms with E-state index in [2.05, 4.69) is 11.9 Å². The summed E-state index contributed by atoms with van der Waals surface area (Å²) in [5.41, 5.74) is 0. The number of rotatable bonds is 0. The number of epoxide rings is 1. The number of hydrogen-bond donors (Lipinski definition) is 1. The van der Waals surface area contributed by atoms with Crippen LogP contribution in [0.5, 0.6) is 0 Å². The largest absolute Gasteiger partial charge is 0.393 e. The van der Waals surface area contributed by atoms with Crippen LogP contribution in [0.15, 0.2) is 0 Å². The molecule has 3 saturated heterocycles. The minimum atomic E-state index is -0.0717. The Morgan fingerprint density at radius 3 is 2.36 bits per heavy atom. The Labute approximate surface area is 65.9 Å². The fourth-order valence-corrected chi connectivity index (χ4v) is 2.72. The quantitative estimate of drug-likeness (QED) is 0.483. The SMILES string of the molecule is CN1C2CC(O)CC1[C@H]1OC21. The van der Waals surface area contributed by atoms with Gasteiger partial charge in [-0.15, -0.1) is 0 Å². The summed E-state index contributed by atoms with van der Waals surface area (Å²) in [6, 6.07) is 1.02. The molecule has 0 amide bonds. The second-order valence-electron chi connectivity index (χ2n) is 3.99. The van der Waals surface area contributed by atoms with E-state index in [1.807, 2.05) is 0 Å². The molecule has 0 aromatic carbocycles. The molecule has 5 atom stereocenters. The third-order valence-corrected chi connectivity index (χ3v) is 3.39. The van der Waals surface area contributed by atoms with Gasteiger partial charge in [0, 0.05) is 12.1 Å². The first kappa shape index (κ1) is 6.40. The van der Waals surface area contributed by atoms with Crippen LogP contribution in [0.4, 0.5) is 0 Å². The molecule has 3 heteroatoms. The summed E-state index contributed by atoms with van der Waals surface area (Å²) in [5, 5.41) is 9.46. The molecule has 0 spiro atoms. The van der Waals surface area contributed by atoms with Gasteiger partial charge in [-0.25, -0.2) is 0 Å². The number of nitrogens with zero attached hydrogens (tertiary/aromatic N) is 1. The van der Waals surface area contributed by atoms with Crippen molar-refractivity contribution >= 4 is 0 Å². The van der Waals surface area contributed by atoms with Crippen LogP contribution >= 0.6 is 0 Å². The van der Waals surface area contributed by atoms with E-state index in [9.17, 15) is 5.11 Å².